The minimum absolute atomic E-state index is 0.0706. The van der Waals surface area contributed by atoms with Gasteiger partial charge in [-0.25, -0.2) is 0 Å². The minimum Gasteiger partial charge on any atom is -0.478 e. The molecule has 1 aromatic rings. The normalized spacial score (nSPS) is 11.1. The van der Waals surface area contributed by atoms with Crippen LogP contribution in [0.1, 0.15) is 111 Å². The Morgan fingerprint density at radius 1 is 0.781 bits per heavy atom. The van der Waals surface area contributed by atoms with Crippen molar-refractivity contribution >= 4 is 11.9 Å². The summed E-state index contributed by atoms with van der Waals surface area (Å²) >= 11 is 0. The van der Waals surface area contributed by atoms with Gasteiger partial charge in [-0.15, -0.1) is 0 Å². The third-order valence-electron chi connectivity index (χ3n) is 5.18. The number of nitrogens with one attached hydrogen (secondary N) is 1. The fourth-order valence-corrected chi connectivity index (χ4v) is 3.45. The van der Waals surface area contributed by atoms with Crippen molar-refractivity contribution in [2.75, 3.05) is 18.5 Å². The van der Waals surface area contributed by atoms with Crippen molar-refractivity contribution in [2.24, 2.45) is 0 Å². The highest BCUT2D eigenvalue weighted by Crippen LogP contribution is 2.18. The number of carbonyl (C=O) groups is 1. The molecule has 0 saturated heterocycles. The van der Waals surface area contributed by atoms with Gasteiger partial charge in [0.25, 0.3) is 0 Å². The number of rotatable bonds is 20. The number of unbranched alkanes of at least 4 members (excludes halogenated alkanes) is 11. The van der Waals surface area contributed by atoms with Gasteiger partial charge in [0.05, 0.1) is 19.3 Å². The first kappa shape index (κ1) is 27.9. The Balaban J connectivity index is 2.07. The third kappa shape index (κ3) is 14.8. The zero-order valence-electron chi connectivity index (χ0n) is 20.7. The summed E-state index contributed by atoms with van der Waals surface area (Å²) < 4.78 is 10.8. The lowest BCUT2D eigenvalue weighted by Crippen LogP contribution is -2.14. The lowest BCUT2D eigenvalue weighted by Gasteiger charge is -2.09. The minimum atomic E-state index is -0.0706. The summed E-state index contributed by atoms with van der Waals surface area (Å²) in [5.74, 6) is 0.973. The van der Waals surface area contributed by atoms with Crippen LogP contribution in [0, 0.1) is 0 Å². The number of carbonyl (C=O) groups excluding carboxylic acids is 1. The first-order valence-corrected chi connectivity index (χ1v) is 12.8. The van der Waals surface area contributed by atoms with Crippen molar-refractivity contribution in [1.29, 1.82) is 0 Å². The zero-order chi connectivity index (χ0) is 23.3. The number of ether oxygens (including phenoxy) is 2. The van der Waals surface area contributed by atoms with E-state index in [0.717, 1.165) is 12.8 Å². The quantitative estimate of drug-likeness (QED) is 0.168. The van der Waals surface area contributed by atoms with E-state index in [1.54, 1.807) is 6.07 Å². The number of amides is 1. The Morgan fingerprint density at radius 2 is 1.28 bits per heavy atom. The van der Waals surface area contributed by atoms with Gasteiger partial charge in [0, 0.05) is 6.42 Å². The fraction of sp³-hybridized carbons (Fsp3) is 0.731. The van der Waals surface area contributed by atoms with E-state index >= 15 is 0 Å². The zero-order valence-corrected chi connectivity index (χ0v) is 20.7. The molecule has 0 spiro atoms. The second kappa shape index (κ2) is 19.6. The molecule has 0 aliphatic rings. The monoisotopic (exact) mass is 447 g/mol. The van der Waals surface area contributed by atoms with Crippen LogP contribution in [0.3, 0.4) is 0 Å². The molecule has 182 valence electrons. The summed E-state index contributed by atoms with van der Waals surface area (Å²) in [4.78, 5) is 20.6. The number of aromatic nitrogens is 2. The van der Waals surface area contributed by atoms with Gasteiger partial charge in [0.2, 0.25) is 23.6 Å². The van der Waals surface area contributed by atoms with Crippen LogP contribution in [0.15, 0.2) is 18.2 Å². The second-order valence-electron chi connectivity index (χ2n) is 8.12. The van der Waals surface area contributed by atoms with Crippen molar-refractivity contribution in [1.82, 2.24) is 9.97 Å². The van der Waals surface area contributed by atoms with Crippen LogP contribution in [0.4, 0.5) is 5.95 Å². The maximum atomic E-state index is 12.2. The standard InChI is InChI=1S/C26H45N3O3/c1-4-7-8-9-10-11-12-13-14-15-16-17-18-19-20-21-23(30)27-26-28-24(31-5-2)22-25(29-26)32-6-3/h13-14,22H,4-12,15-21H2,1-3H3,(H,27,28,29,30)/b14-13+. The van der Waals surface area contributed by atoms with E-state index < -0.39 is 0 Å². The molecule has 1 rings (SSSR count). The van der Waals surface area contributed by atoms with Crippen molar-refractivity contribution in [3.8, 4) is 11.8 Å². The van der Waals surface area contributed by atoms with Gasteiger partial charge < -0.3 is 9.47 Å². The van der Waals surface area contributed by atoms with Crippen LogP contribution < -0.4 is 14.8 Å². The Labute approximate surface area is 195 Å². The summed E-state index contributed by atoms with van der Waals surface area (Å²) in [7, 11) is 0. The molecule has 0 aromatic carbocycles. The first-order chi connectivity index (χ1) is 15.7. The van der Waals surface area contributed by atoms with E-state index in [4.69, 9.17) is 9.47 Å². The number of anilines is 1. The number of hydrogen-bond donors (Lipinski definition) is 1. The molecule has 1 heterocycles. The van der Waals surface area contributed by atoms with Crippen molar-refractivity contribution in [3.63, 3.8) is 0 Å². The molecule has 0 fully saturated rings. The Hall–Kier alpha value is -2.11. The van der Waals surface area contributed by atoms with Gasteiger partial charge in [0.1, 0.15) is 0 Å². The van der Waals surface area contributed by atoms with Gasteiger partial charge in [0.15, 0.2) is 0 Å². The molecule has 0 aliphatic heterocycles. The molecule has 0 unspecified atom stereocenters. The van der Waals surface area contributed by atoms with E-state index in [2.05, 4.69) is 34.4 Å². The van der Waals surface area contributed by atoms with Crippen LogP contribution in [-0.2, 0) is 4.79 Å². The van der Waals surface area contributed by atoms with Crippen molar-refractivity contribution in [3.05, 3.63) is 18.2 Å². The lowest BCUT2D eigenvalue weighted by molar-refractivity contribution is -0.116. The average molecular weight is 448 g/mol. The molecule has 0 aliphatic carbocycles. The van der Waals surface area contributed by atoms with Crippen molar-refractivity contribution in [2.45, 2.75) is 111 Å². The topological polar surface area (TPSA) is 73.3 Å². The number of allylic oxidation sites excluding steroid dienone is 2. The first-order valence-electron chi connectivity index (χ1n) is 12.8. The van der Waals surface area contributed by atoms with E-state index in [9.17, 15) is 4.79 Å². The predicted octanol–water partition coefficient (Wildman–Crippen LogP) is 7.25. The lowest BCUT2D eigenvalue weighted by atomic mass is 10.1. The van der Waals surface area contributed by atoms with E-state index in [1.807, 2.05) is 13.8 Å². The molecular weight excluding hydrogens is 402 g/mol. The highest BCUT2D eigenvalue weighted by atomic mass is 16.5. The summed E-state index contributed by atoms with van der Waals surface area (Å²) in [6.07, 6.45) is 21.3. The third-order valence-corrected chi connectivity index (χ3v) is 5.18. The van der Waals surface area contributed by atoms with Crippen LogP contribution >= 0.6 is 0 Å². The van der Waals surface area contributed by atoms with E-state index in [0.29, 0.717) is 31.4 Å². The Morgan fingerprint density at radius 3 is 1.81 bits per heavy atom. The molecule has 1 aromatic heterocycles. The Bertz CT molecular complexity index is 610. The summed E-state index contributed by atoms with van der Waals surface area (Å²) in [5.41, 5.74) is 0. The van der Waals surface area contributed by atoms with Crippen LogP contribution in [0.5, 0.6) is 11.8 Å². The maximum Gasteiger partial charge on any atom is 0.236 e. The van der Waals surface area contributed by atoms with E-state index in [1.165, 1.54) is 70.6 Å². The van der Waals surface area contributed by atoms with Gasteiger partial charge in [-0.2, -0.15) is 9.97 Å². The summed E-state index contributed by atoms with van der Waals surface area (Å²) in [6, 6.07) is 1.63. The predicted molar refractivity (Wildman–Crippen MR) is 132 cm³/mol. The largest absolute Gasteiger partial charge is 0.478 e. The molecule has 1 amide bonds. The van der Waals surface area contributed by atoms with Crippen LogP contribution in [0.2, 0.25) is 0 Å². The Kier molecular flexibility index (Phi) is 17.1. The SMILES string of the molecule is CCCCCCCC/C=C/CCCCCCCC(=O)Nc1nc(OCC)cc(OCC)n1. The number of hydrogen-bond acceptors (Lipinski definition) is 5. The molecule has 0 bridgehead atoms. The van der Waals surface area contributed by atoms with Gasteiger partial charge in [-0.1, -0.05) is 70.4 Å². The molecule has 6 heteroatoms. The molecule has 0 radical (unpaired) electrons. The van der Waals surface area contributed by atoms with Gasteiger partial charge in [-0.05, 0) is 46.0 Å². The molecule has 0 saturated carbocycles. The molecular formula is C26H45N3O3. The summed E-state index contributed by atoms with van der Waals surface area (Å²) in [5, 5.41) is 2.76. The highest BCUT2D eigenvalue weighted by Gasteiger charge is 2.09. The molecule has 6 nitrogen and oxygen atoms in total. The maximum absolute atomic E-state index is 12.2. The van der Waals surface area contributed by atoms with Crippen molar-refractivity contribution < 1.29 is 14.3 Å². The molecule has 32 heavy (non-hydrogen) atoms. The van der Waals surface area contributed by atoms with E-state index in [-0.39, 0.29) is 11.9 Å². The highest BCUT2D eigenvalue weighted by molar-refractivity contribution is 5.88. The molecule has 0 atom stereocenters. The van der Waals surface area contributed by atoms with Crippen LogP contribution in [-0.4, -0.2) is 29.1 Å². The average Bonchev–Trinajstić information content (AvgIpc) is 2.77. The summed E-state index contributed by atoms with van der Waals surface area (Å²) in [6.45, 7) is 7.01. The second-order valence-corrected chi connectivity index (χ2v) is 8.12. The van der Waals surface area contributed by atoms with Gasteiger partial charge in [-0.3, -0.25) is 10.1 Å². The fourth-order valence-electron chi connectivity index (χ4n) is 3.45. The molecule has 1 N–H and O–H groups in total. The smallest absolute Gasteiger partial charge is 0.236 e. The number of nitrogens with zero attached hydrogens (tertiary/aromatic N) is 2. The van der Waals surface area contributed by atoms with Crippen LogP contribution in [0.25, 0.3) is 0 Å². The van der Waals surface area contributed by atoms with Gasteiger partial charge >= 0.3 is 0 Å².